The van der Waals surface area contributed by atoms with E-state index in [2.05, 4.69) is 10.3 Å². The molecular formula is C23H34N4O4. The van der Waals surface area contributed by atoms with E-state index in [1.165, 1.54) is 10.9 Å². The molecule has 170 valence electrons. The molecule has 0 aliphatic rings. The van der Waals surface area contributed by atoms with Crippen LogP contribution in [0, 0.1) is 6.92 Å². The second kappa shape index (κ2) is 10.3. The first-order valence-corrected chi connectivity index (χ1v) is 10.5. The standard InChI is InChI=1S/C23H34N4O4/c1-8-18(11-12-24-21(28)31-23(3,4)5)26(6)22(29)27-14-19(25-15-27)17-9-10-20(30-7)16(2)13-17/h9-10,13-15,18H,8,11-12H2,1-7H3,(H,24,28). The van der Waals surface area contributed by atoms with Gasteiger partial charge < -0.3 is 19.7 Å². The monoisotopic (exact) mass is 430 g/mol. The molecule has 0 saturated carbocycles. The Morgan fingerprint density at radius 2 is 2.00 bits per heavy atom. The summed E-state index contributed by atoms with van der Waals surface area (Å²) in [5, 5.41) is 2.75. The number of ether oxygens (including phenoxy) is 2. The van der Waals surface area contributed by atoms with Crippen LogP contribution in [-0.2, 0) is 4.74 Å². The summed E-state index contributed by atoms with van der Waals surface area (Å²) in [6.07, 6.45) is 4.19. The van der Waals surface area contributed by atoms with Gasteiger partial charge in [-0.1, -0.05) is 6.92 Å². The minimum Gasteiger partial charge on any atom is -0.496 e. The van der Waals surface area contributed by atoms with Gasteiger partial charge in [-0.15, -0.1) is 0 Å². The first-order valence-electron chi connectivity index (χ1n) is 10.5. The molecule has 0 aliphatic carbocycles. The van der Waals surface area contributed by atoms with Gasteiger partial charge in [-0.2, -0.15) is 0 Å². The lowest BCUT2D eigenvalue weighted by Crippen LogP contribution is -2.41. The topological polar surface area (TPSA) is 85.7 Å². The molecule has 1 atom stereocenters. The Balaban J connectivity index is 2.00. The molecule has 2 rings (SSSR count). The third kappa shape index (κ3) is 6.73. The molecule has 0 aliphatic heterocycles. The first-order chi connectivity index (χ1) is 14.6. The summed E-state index contributed by atoms with van der Waals surface area (Å²) in [6, 6.07) is 5.59. The largest absolute Gasteiger partial charge is 0.496 e. The number of hydrogen-bond acceptors (Lipinski definition) is 5. The van der Waals surface area contributed by atoms with E-state index in [0.717, 1.165) is 23.3 Å². The molecule has 2 amide bonds. The van der Waals surface area contributed by atoms with E-state index in [0.29, 0.717) is 18.7 Å². The van der Waals surface area contributed by atoms with Gasteiger partial charge in [0.1, 0.15) is 17.7 Å². The highest BCUT2D eigenvalue weighted by atomic mass is 16.6. The fourth-order valence-electron chi connectivity index (χ4n) is 3.28. The van der Waals surface area contributed by atoms with Crippen molar-refractivity contribution in [3.05, 3.63) is 36.3 Å². The molecule has 1 unspecified atom stereocenters. The lowest BCUT2D eigenvalue weighted by atomic mass is 10.1. The van der Waals surface area contributed by atoms with E-state index in [-0.39, 0.29) is 12.1 Å². The number of methoxy groups -OCH3 is 1. The second-order valence-corrected chi connectivity index (χ2v) is 8.52. The van der Waals surface area contributed by atoms with Crippen molar-refractivity contribution in [1.82, 2.24) is 19.8 Å². The average molecular weight is 431 g/mol. The summed E-state index contributed by atoms with van der Waals surface area (Å²) in [4.78, 5) is 30.9. The first kappa shape index (κ1) is 24.2. The van der Waals surface area contributed by atoms with Crippen molar-refractivity contribution >= 4 is 12.1 Å². The van der Waals surface area contributed by atoms with Gasteiger partial charge in [-0.3, -0.25) is 4.57 Å². The number of amides is 2. The summed E-state index contributed by atoms with van der Waals surface area (Å²) in [5.41, 5.74) is 2.09. The molecule has 31 heavy (non-hydrogen) atoms. The number of alkyl carbamates (subject to hydrolysis) is 1. The summed E-state index contributed by atoms with van der Waals surface area (Å²) in [7, 11) is 3.40. The predicted octanol–water partition coefficient (Wildman–Crippen LogP) is 4.46. The fraction of sp³-hybridized carbons (Fsp3) is 0.522. The quantitative estimate of drug-likeness (QED) is 0.701. The van der Waals surface area contributed by atoms with Crippen molar-refractivity contribution in [1.29, 1.82) is 0 Å². The number of aromatic nitrogens is 2. The number of nitrogens with zero attached hydrogens (tertiary/aromatic N) is 3. The lowest BCUT2D eigenvalue weighted by Gasteiger charge is -2.27. The SMILES string of the molecule is CCC(CCNC(=O)OC(C)(C)C)N(C)C(=O)n1cnc(-c2ccc(OC)c(C)c2)c1. The van der Waals surface area contributed by atoms with Crippen molar-refractivity contribution in [2.45, 2.75) is 59.1 Å². The molecule has 0 fully saturated rings. The van der Waals surface area contributed by atoms with Gasteiger partial charge in [-0.25, -0.2) is 14.6 Å². The maximum atomic E-state index is 13.0. The molecule has 8 nitrogen and oxygen atoms in total. The number of hydrogen-bond donors (Lipinski definition) is 1. The predicted molar refractivity (Wildman–Crippen MR) is 120 cm³/mol. The van der Waals surface area contributed by atoms with Gasteiger partial charge in [0.25, 0.3) is 0 Å². The number of nitrogens with one attached hydrogen (secondary N) is 1. The van der Waals surface area contributed by atoms with Gasteiger partial charge in [0.15, 0.2) is 0 Å². The third-order valence-electron chi connectivity index (χ3n) is 4.96. The zero-order valence-corrected chi connectivity index (χ0v) is 19.6. The Labute approximate surface area is 184 Å². The molecule has 8 heteroatoms. The van der Waals surface area contributed by atoms with Crippen molar-refractivity contribution in [3.63, 3.8) is 0 Å². The number of rotatable bonds is 7. The van der Waals surface area contributed by atoms with Crippen LogP contribution in [0.15, 0.2) is 30.7 Å². The minimum absolute atomic E-state index is 0.0310. The molecule has 1 aromatic heterocycles. The van der Waals surface area contributed by atoms with Gasteiger partial charge in [0.2, 0.25) is 0 Å². The van der Waals surface area contributed by atoms with Crippen molar-refractivity contribution in [3.8, 4) is 17.0 Å². The molecule has 0 radical (unpaired) electrons. The van der Waals surface area contributed by atoms with Gasteiger partial charge in [0, 0.05) is 31.4 Å². The van der Waals surface area contributed by atoms with Crippen molar-refractivity contribution in [2.75, 3.05) is 20.7 Å². The Morgan fingerprint density at radius 3 is 2.58 bits per heavy atom. The average Bonchev–Trinajstić information content (AvgIpc) is 3.19. The number of carbonyl (C=O) groups is 2. The third-order valence-corrected chi connectivity index (χ3v) is 4.96. The summed E-state index contributed by atoms with van der Waals surface area (Å²) < 4.78 is 12.0. The van der Waals surface area contributed by atoms with Crippen molar-refractivity contribution < 1.29 is 19.1 Å². The summed E-state index contributed by atoms with van der Waals surface area (Å²) in [6.45, 7) is 9.86. The maximum Gasteiger partial charge on any atom is 0.407 e. The normalized spacial score (nSPS) is 12.2. The van der Waals surface area contributed by atoms with E-state index in [1.807, 2.05) is 52.8 Å². The van der Waals surface area contributed by atoms with Crippen molar-refractivity contribution in [2.24, 2.45) is 0 Å². The smallest absolute Gasteiger partial charge is 0.407 e. The van der Waals surface area contributed by atoms with Crippen LogP contribution in [0.3, 0.4) is 0 Å². The van der Waals surface area contributed by atoms with Gasteiger partial charge in [0.05, 0.1) is 12.8 Å². The number of benzene rings is 1. The molecule has 0 saturated heterocycles. The van der Waals surface area contributed by atoms with E-state index in [9.17, 15) is 9.59 Å². The molecular weight excluding hydrogens is 396 g/mol. The Morgan fingerprint density at radius 1 is 1.29 bits per heavy atom. The summed E-state index contributed by atoms with van der Waals surface area (Å²) in [5.74, 6) is 0.810. The molecule has 1 aromatic carbocycles. The van der Waals surface area contributed by atoms with E-state index in [1.54, 1.807) is 25.3 Å². The van der Waals surface area contributed by atoms with Gasteiger partial charge in [-0.05, 0) is 64.3 Å². The number of carbonyl (C=O) groups excluding carboxylic acids is 2. The number of imidazole rings is 1. The van der Waals surface area contributed by atoms with E-state index in [4.69, 9.17) is 9.47 Å². The van der Waals surface area contributed by atoms with Gasteiger partial charge >= 0.3 is 12.1 Å². The van der Waals surface area contributed by atoms with E-state index >= 15 is 0 Å². The highest BCUT2D eigenvalue weighted by molar-refractivity contribution is 5.78. The van der Waals surface area contributed by atoms with Crippen LogP contribution < -0.4 is 10.1 Å². The van der Waals surface area contributed by atoms with Crippen LogP contribution >= 0.6 is 0 Å². The molecule has 2 aromatic rings. The van der Waals surface area contributed by atoms with E-state index < -0.39 is 11.7 Å². The van der Waals surface area contributed by atoms with Crippen LogP contribution in [0.25, 0.3) is 11.3 Å². The molecule has 0 spiro atoms. The Hall–Kier alpha value is -3.03. The zero-order valence-electron chi connectivity index (χ0n) is 19.6. The van der Waals surface area contributed by atoms with Crippen LogP contribution in [0.1, 0.15) is 46.1 Å². The fourth-order valence-corrected chi connectivity index (χ4v) is 3.28. The highest BCUT2D eigenvalue weighted by Gasteiger charge is 2.21. The highest BCUT2D eigenvalue weighted by Crippen LogP contribution is 2.25. The zero-order chi connectivity index (χ0) is 23.2. The molecule has 1 heterocycles. The Kier molecular flexibility index (Phi) is 8.08. The molecule has 1 N–H and O–H groups in total. The Bertz CT molecular complexity index is 901. The molecule has 0 bridgehead atoms. The minimum atomic E-state index is -0.539. The van der Waals surface area contributed by atoms with Crippen LogP contribution in [0.5, 0.6) is 5.75 Å². The lowest BCUT2D eigenvalue weighted by molar-refractivity contribution is 0.0524. The maximum absolute atomic E-state index is 13.0. The van der Waals surface area contributed by atoms with Crippen LogP contribution in [0.4, 0.5) is 9.59 Å². The van der Waals surface area contributed by atoms with Crippen LogP contribution in [-0.4, -0.2) is 58.9 Å². The second-order valence-electron chi connectivity index (χ2n) is 8.52. The van der Waals surface area contributed by atoms with Crippen LogP contribution in [0.2, 0.25) is 0 Å². The summed E-state index contributed by atoms with van der Waals surface area (Å²) >= 11 is 0. The number of aryl methyl sites for hydroxylation is 1.